The lowest BCUT2D eigenvalue weighted by Crippen LogP contribution is -2.13. The number of benzene rings is 1. The largest absolute Gasteiger partial charge is 0.265 e. The molecule has 0 saturated carbocycles. The van der Waals surface area contributed by atoms with Crippen LogP contribution in [-0.2, 0) is 22.9 Å². The minimum Gasteiger partial charge on any atom is -0.255 e. The molecule has 1 aliphatic rings. The van der Waals surface area contributed by atoms with Crippen molar-refractivity contribution >= 4 is 38.1 Å². The quantitative estimate of drug-likeness (QED) is 0.931. The van der Waals surface area contributed by atoms with Crippen LogP contribution in [0.1, 0.15) is 22.6 Å². The monoisotopic (exact) mass is 339 g/mol. The van der Waals surface area contributed by atoms with Crippen molar-refractivity contribution in [2.45, 2.75) is 24.2 Å². The maximum absolute atomic E-state index is 12.3. The molecule has 1 N–H and O–H groups in total. The molecule has 0 fully saturated rings. The minimum absolute atomic E-state index is 0.0191. The topological polar surface area (TPSA) is 82.8 Å². The molecule has 1 aromatic carbocycles. The van der Waals surface area contributed by atoms with Crippen molar-refractivity contribution in [1.82, 2.24) is 4.98 Å². The van der Waals surface area contributed by atoms with Crippen molar-refractivity contribution in [3.8, 4) is 6.07 Å². The molecule has 0 amide bonds. The highest BCUT2D eigenvalue weighted by Crippen LogP contribution is 2.32. The first-order valence-corrected chi connectivity index (χ1v) is 8.88. The second kappa shape index (κ2) is 5.30. The summed E-state index contributed by atoms with van der Waals surface area (Å²) >= 11 is 7.31. The number of nitriles is 1. The molecule has 1 heterocycles. The molecule has 1 aromatic heterocycles. The summed E-state index contributed by atoms with van der Waals surface area (Å²) in [6, 6.07) is 5.99. The van der Waals surface area contributed by atoms with E-state index in [1.54, 1.807) is 0 Å². The number of hydrogen-bond acceptors (Lipinski definition) is 5. The van der Waals surface area contributed by atoms with Gasteiger partial charge in [0, 0.05) is 4.88 Å². The zero-order valence-electron chi connectivity index (χ0n) is 10.8. The van der Waals surface area contributed by atoms with Gasteiger partial charge in [0.25, 0.3) is 10.0 Å². The van der Waals surface area contributed by atoms with Crippen molar-refractivity contribution < 1.29 is 8.42 Å². The summed E-state index contributed by atoms with van der Waals surface area (Å²) in [6.07, 6.45) is 2.92. The maximum atomic E-state index is 12.3. The first-order valence-electron chi connectivity index (χ1n) is 6.20. The fourth-order valence-electron chi connectivity index (χ4n) is 2.19. The van der Waals surface area contributed by atoms with E-state index in [1.807, 2.05) is 6.07 Å². The van der Waals surface area contributed by atoms with Crippen LogP contribution in [0.25, 0.3) is 0 Å². The lowest BCUT2D eigenvalue weighted by atomic mass is 10.2. The fraction of sp³-hybridized carbons (Fsp3) is 0.231. The molecule has 0 unspecified atom stereocenters. The van der Waals surface area contributed by atoms with Gasteiger partial charge in [0.1, 0.15) is 4.90 Å². The number of nitrogens with zero attached hydrogens (tertiary/aromatic N) is 2. The number of aromatic nitrogens is 1. The van der Waals surface area contributed by atoms with Crippen LogP contribution in [0.2, 0.25) is 5.02 Å². The number of hydrogen-bond donors (Lipinski definition) is 1. The van der Waals surface area contributed by atoms with Crippen LogP contribution in [0.3, 0.4) is 0 Å². The Morgan fingerprint density at radius 2 is 2.19 bits per heavy atom. The molecule has 5 nitrogen and oxygen atoms in total. The summed E-state index contributed by atoms with van der Waals surface area (Å²) < 4.78 is 27.1. The molecule has 0 spiro atoms. The summed E-state index contributed by atoms with van der Waals surface area (Å²) in [4.78, 5) is 5.38. The summed E-state index contributed by atoms with van der Waals surface area (Å²) in [5.74, 6) is 0. The van der Waals surface area contributed by atoms with Crippen LogP contribution in [0.5, 0.6) is 0 Å². The Balaban J connectivity index is 1.91. The first kappa shape index (κ1) is 14.3. The highest BCUT2D eigenvalue weighted by atomic mass is 35.5. The SMILES string of the molecule is N#Cc1ccc(S(=O)(=O)Nc2nc3c(s2)CCC3)c(Cl)c1. The molecule has 1 aliphatic carbocycles. The number of thiazole rings is 1. The van der Waals surface area contributed by atoms with E-state index in [0.29, 0.717) is 10.7 Å². The summed E-state index contributed by atoms with van der Waals surface area (Å²) in [6.45, 7) is 0. The predicted molar refractivity (Wildman–Crippen MR) is 81.1 cm³/mol. The van der Waals surface area contributed by atoms with Gasteiger partial charge in [-0.3, -0.25) is 4.72 Å². The minimum atomic E-state index is -3.80. The maximum Gasteiger partial charge on any atom is 0.265 e. The number of fused-ring (bicyclic) bond motifs is 1. The molecule has 0 atom stereocenters. The van der Waals surface area contributed by atoms with Gasteiger partial charge in [-0.05, 0) is 37.5 Å². The van der Waals surface area contributed by atoms with Gasteiger partial charge in [-0.1, -0.05) is 11.6 Å². The molecular weight excluding hydrogens is 330 g/mol. The van der Waals surface area contributed by atoms with Gasteiger partial charge in [0.15, 0.2) is 5.13 Å². The molecule has 0 saturated heterocycles. The van der Waals surface area contributed by atoms with Crippen LogP contribution < -0.4 is 4.72 Å². The Hall–Kier alpha value is -1.62. The normalized spacial score (nSPS) is 13.7. The Morgan fingerprint density at radius 3 is 2.86 bits per heavy atom. The molecule has 108 valence electrons. The van der Waals surface area contributed by atoms with E-state index < -0.39 is 10.0 Å². The molecule has 8 heteroatoms. The average Bonchev–Trinajstić information content (AvgIpc) is 2.98. The third-order valence-electron chi connectivity index (χ3n) is 3.17. The highest BCUT2D eigenvalue weighted by molar-refractivity contribution is 7.93. The van der Waals surface area contributed by atoms with Crippen molar-refractivity contribution in [3.05, 3.63) is 39.4 Å². The second-order valence-corrected chi connectivity index (χ2v) is 7.75. The van der Waals surface area contributed by atoms with Crippen LogP contribution in [0.15, 0.2) is 23.1 Å². The van der Waals surface area contributed by atoms with Gasteiger partial charge in [0.2, 0.25) is 0 Å². The Bertz CT molecular complexity index is 831. The highest BCUT2D eigenvalue weighted by Gasteiger charge is 2.22. The van der Waals surface area contributed by atoms with E-state index in [9.17, 15) is 8.42 Å². The molecular formula is C13H10ClN3O2S2. The third-order valence-corrected chi connectivity index (χ3v) is 6.19. The first-order chi connectivity index (χ1) is 9.99. The van der Waals surface area contributed by atoms with Crippen LogP contribution >= 0.6 is 22.9 Å². The summed E-state index contributed by atoms with van der Waals surface area (Å²) in [5, 5.41) is 9.16. The van der Waals surface area contributed by atoms with E-state index in [2.05, 4.69) is 9.71 Å². The lowest BCUT2D eigenvalue weighted by Gasteiger charge is -2.07. The van der Waals surface area contributed by atoms with E-state index in [4.69, 9.17) is 16.9 Å². The smallest absolute Gasteiger partial charge is 0.255 e. The lowest BCUT2D eigenvalue weighted by molar-refractivity contribution is 0.601. The van der Waals surface area contributed by atoms with Crippen molar-refractivity contribution in [2.24, 2.45) is 0 Å². The zero-order valence-corrected chi connectivity index (χ0v) is 13.1. The predicted octanol–water partition coefficient (Wildman–Crippen LogP) is 2.96. The van der Waals surface area contributed by atoms with E-state index >= 15 is 0 Å². The van der Waals surface area contributed by atoms with E-state index in [0.717, 1.165) is 29.8 Å². The van der Waals surface area contributed by atoms with Gasteiger partial charge >= 0.3 is 0 Å². The number of nitrogens with one attached hydrogen (secondary N) is 1. The van der Waals surface area contributed by atoms with Crippen LogP contribution in [0.4, 0.5) is 5.13 Å². The average molecular weight is 340 g/mol. The van der Waals surface area contributed by atoms with Gasteiger partial charge < -0.3 is 0 Å². The number of halogens is 1. The van der Waals surface area contributed by atoms with Gasteiger partial charge in [-0.15, -0.1) is 11.3 Å². The van der Waals surface area contributed by atoms with E-state index in [1.165, 1.54) is 29.5 Å². The molecule has 0 radical (unpaired) electrons. The number of anilines is 1. The number of aryl methyl sites for hydroxylation is 2. The number of rotatable bonds is 3. The zero-order chi connectivity index (χ0) is 15.0. The Morgan fingerprint density at radius 1 is 1.38 bits per heavy atom. The standard InChI is InChI=1S/C13H10ClN3O2S2/c14-9-6-8(7-15)4-5-12(9)21(18,19)17-13-16-10-2-1-3-11(10)20-13/h4-6H,1-3H2,(H,16,17). The summed E-state index contributed by atoms with van der Waals surface area (Å²) in [7, 11) is -3.80. The van der Waals surface area contributed by atoms with Crippen LogP contribution in [0, 0.1) is 11.3 Å². The van der Waals surface area contributed by atoms with Gasteiger partial charge in [0.05, 0.1) is 22.3 Å². The Labute approximate surface area is 131 Å². The number of sulfonamides is 1. The van der Waals surface area contributed by atoms with E-state index in [-0.39, 0.29) is 9.92 Å². The Kier molecular flexibility index (Phi) is 3.61. The van der Waals surface area contributed by atoms with Gasteiger partial charge in [-0.2, -0.15) is 5.26 Å². The van der Waals surface area contributed by atoms with Crippen molar-refractivity contribution in [1.29, 1.82) is 5.26 Å². The molecule has 0 bridgehead atoms. The third kappa shape index (κ3) is 2.75. The second-order valence-electron chi connectivity index (χ2n) is 4.60. The van der Waals surface area contributed by atoms with Crippen molar-refractivity contribution in [2.75, 3.05) is 4.72 Å². The molecule has 0 aliphatic heterocycles. The van der Waals surface area contributed by atoms with Crippen molar-refractivity contribution in [3.63, 3.8) is 0 Å². The fourth-order valence-corrected chi connectivity index (χ4v) is 5.02. The molecule has 2 aromatic rings. The van der Waals surface area contributed by atoms with Gasteiger partial charge in [-0.25, -0.2) is 13.4 Å². The summed E-state index contributed by atoms with van der Waals surface area (Å²) in [5.41, 5.74) is 1.29. The molecule has 21 heavy (non-hydrogen) atoms. The van der Waals surface area contributed by atoms with Crippen LogP contribution in [-0.4, -0.2) is 13.4 Å². The molecule has 3 rings (SSSR count).